The Morgan fingerprint density at radius 3 is 2.60 bits per heavy atom. The summed E-state index contributed by atoms with van der Waals surface area (Å²) < 4.78 is 9.33. The van der Waals surface area contributed by atoms with Crippen molar-refractivity contribution in [3.63, 3.8) is 0 Å². The Labute approximate surface area is 86.5 Å². The summed E-state index contributed by atoms with van der Waals surface area (Å²) in [7, 11) is 2.59. The van der Waals surface area contributed by atoms with Crippen molar-refractivity contribution in [1.82, 2.24) is 0 Å². The summed E-state index contributed by atoms with van der Waals surface area (Å²) in [5.74, 6) is -0.808. The molecule has 0 aliphatic heterocycles. The van der Waals surface area contributed by atoms with E-state index in [0.29, 0.717) is 5.75 Å². The molecule has 0 unspecified atom stereocenters. The van der Waals surface area contributed by atoms with Crippen LogP contribution in [0.15, 0.2) is 12.1 Å². The number of esters is 1. The van der Waals surface area contributed by atoms with Crippen molar-refractivity contribution in [2.75, 3.05) is 14.2 Å². The highest BCUT2D eigenvalue weighted by Crippen LogP contribution is 2.28. The quantitative estimate of drug-likeness (QED) is 0.733. The molecule has 78 valence electrons. The van der Waals surface area contributed by atoms with Gasteiger partial charge in [0.2, 0.25) is 0 Å². The van der Waals surface area contributed by atoms with Crippen molar-refractivity contribution >= 4 is 5.97 Å². The molecular formula is C10H9NO4. The fourth-order valence-corrected chi connectivity index (χ4v) is 1.08. The van der Waals surface area contributed by atoms with E-state index < -0.39 is 11.7 Å². The van der Waals surface area contributed by atoms with Gasteiger partial charge >= 0.3 is 5.97 Å². The van der Waals surface area contributed by atoms with Crippen LogP contribution in [-0.4, -0.2) is 25.3 Å². The smallest absolute Gasteiger partial charge is 0.341 e. The predicted molar refractivity (Wildman–Crippen MR) is 50.7 cm³/mol. The van der Waals surface area contributed by atoms with E-state index in [4.69, 9.17) is 10.00 Å². The molecule has 0 saturated heterocycles. The van der Waals surface area contributed by atoms with Gasteiger partial charge in [-0.25, -0.2) is 4.79 Å². The molecule has 0 atom stereocenters. The largest absolute Gasteiger partial charge is 0.506 e. The van der Waals surface area contributed by atoms with Crippen LogP contribution in [0.1, 0.15) is 15.9 Å². The van der Waals surface area contributed by atoms with Crippen LogP contribution in [0.4, 0.5) is 0 Å². The molecule has 0 bridgehead atoms. The Bertz CT molecular complexity index is 434. The molecule has 0 spiro atoms. The maximum absolute atomic E-state index is 11.2. The number of nitrogens with zero attached hydrogens (tertiary/aromatic N) is 1. The number of carbonyl (C=O) groups is 1. The number of hydrogen-bond donors (Lipinski definition) is 1. The monoisotopic (exact) mass is 207 g/mol. The second kappa shape index (κ2) is 4.33. The van der Waals surface area contributed by atoms with Crippen LogP contribution in [0.3, 0.4) is 0 Å². The number of ether oxygens (including phenoxy) is 2. The zero-order valence-corrected chi connectivity index (χ0v) is 8.27. The summed E-state index contributed by atoms with van der Waals surface area (Å²) in [6, 6.07) is 4.39. The maximum Gasteiger partial charge on any atom is 0.341 e. The molecule has 0 aliphatic carbocycles. The van der Waals surface area contributed by atoms with Crippen LogP contribution in [0, 0.1) is 11.3 Å². The van der Waals surface area contributed by atoms with Crippen LogP contribution in [0.2, 0.25) is 0 Å². The SMILES string of the molecule is COC(=O)c1cc(OC)cc(C#N)c1O. The van der Waals surface area contributed by atoms with Crippen molar-refractivity contribution in [3.05, 3.63) is 23.3 Å². The van der Waals surface area contributed by atoms with Crippen LogP contribution in [-0.2, 0) is 4.74 Å². The van der Waals surface area contributed by atoms with Gasteiger partial charge in [0, 0.05) is 6.07 Å². The van der Waals surface area contributed by atoms with Gasteiger partial charge in [-0.05, 0) is 6.07 Å². The van der Waals surface area contributed by atoms with Gasteiger partial charge in [-0.15, -0.1) is 0 Å². The Balaban J connectivity index is 3.38. The molecule has 1 N–H and O–H groups in total. The van der Waals surface area contributed by atoms with Gasteiger partial charge in [-0.1, -0.05) is 0 Å². The average molecular weight is 207 g/mol. The first-order valence-electron chi connectivity index (χ1n) is 4.03. The van der Waals surface area contributed by atoms with E-state index >= 15 is 0 Å². The van der Waals surface area contributed by atoms with E-state index in [0.717, 1.165) is 0 Å². The van der Waals surface area contributed by atoms with Crippen molar-refractivity contribution in [1.29, 1.82) is 5.26 Å². The number of phenolic OH excluding ortho intramolecular Hbond substituents is 1. The van der Waals surface area contributed by atoms with E-state index in [1.54, 1.807) is 6.07 Å². The van der Waals surface area contributed by atoms with Crippen molar-refractivity contribution in [2.24, 2.45) is 0 Å². The standard InChI is InChI=1S/C10H9NO4/c1-14-7-3-6(5-11)9(12)8(4-7)10(13)15-2/h3-4,12H,1-2H3. The Morgan fingerprint density at radius 1 is 1.47 bits per heavy atom. The summed E-state index contributed by atoms with van der Waals surface area (Å²) in [6.45, 7) is 0. The molecule has 0 aliphatic rings. The van der Waals surface area contributed by atoms with Crippen molar-refractivity contribution in [3.8, 4) is 17.6 Å². The van der Waals surface area contributed by atoms with Crippen molar-refractivity contribution < 1.29 is 19.4 Å². The topological polar surface area (TPSA) is 79.5 Å². The number of aromatic hydroxyl groups is 1. The van der Waals surface area contributed by atoms with Gasteiger partial charge in [-0.2, -0.15) is 5.26 Å². The Morgan fingerprint density at radius 2 is 2.13 bits per heavy atom. The summed E-state index contributed by atoms with van der Waals surface area (Å²) in [5, 5.41) is 18.2. The summed E-state index contributed by atoms with van der Waals surface area (Å²) in [6.07, 6.45) is 0. The molecule has 0 saturated carbocycles. The molecule has 15 heavy (non-hydrogen) atoms. The highest BCUT2D eigenvalue weighted by Gasteiger charge is 2.17. The number of carbonyl (C=O) groups excluding carboxylic acids is 1. The average Bonchev–Trinajstić information content (AvgIpc) is 2.28. The van der Waals surface area contributed by atoms with E-state index in [2.05, 4.69) is 4.74 Å². The molecule has 5 nitrogen and oxygen atoms in total. The molecule has 1 rings (SSSR count). The third-order valence-corrected chi connectivity index (χ3v) is 1.84. The van der Waals surface area contributed by atoms with Crippen LogP contribution < -0.4 is 4.74 Å². The Kier molecular flexibility index (Phi) is 3.13. The predicted octanol–water partition coefficient (Wildman–Crippen LogP) is 1.06. The number of phenols is 1. The fourth-order valence-electron chi connectivity index (χ4n) is 1.08. The molecular weight excluding hydrogens is 198 g/mol. The zero-order chi connectivity index (χ0) is 11.4. The molecule has 0 radical (unpaired) electrons. The van der Waals surface area contributed by atoms with Crippen LogP contribution in [0.5, 0.6) is 11.5 Å². The molecule has 0 fully saturated rings. The van der Waals surface area contributed by atoms with Gasteiger partial charge in [0.05, 0.1) is 19.8 Å². The minimum absolute atomic E-state index is 0.0326. The van der Waals surface area contributed by atoms with Crippen LogP contribution in [0.25, 0.3) is 0 Å². The van der Waals surface area contributed by atoms with E-state index in [-0.39, 0.29) is 11.1 Å². The lowest BCUT2D eigenvalue weighted by atomic mass is 10.1. The lowest BCUT2D eigenvalue weighted by Crippen LogP contribution is -2.03. The number of hydrogen-bond acceptors (Lipinski definition) is 5. The maximum atomic E-state index is 11.2. The van der Waals surface area contributed by atoms with Gasteiger partial charge in [-0.3, -0.25) is 0 Å². The highest BCUT2D eigenvalue weighted by molar-refractivity contribution is 5.93. The third kappa shape index (κ3) is 1.99. The number of methoxy groups -OCH3 is 2. The molecule has 0 amide bonds. The van der Waals surface area contributed by atoms with E-state index in [1.165, 1.54) is 26.4 Å². The minimum atomic E-state index is -0.720. The third-order valence-electron chi connectivity index (χ3n) is 1.84. The molecule has 1 aromatic carbocycles. The van der Waals surface area contributed by atoms with Crippen molar-refractivity contribution in [2.45, 2.75) is 0 Å². The Hall–Kier alpha value is -2.22. The molecule has 0 heterocycles. The highest BCUT2D eigenvalue weighted by atomic mass is 16.5. The number of rotatable bonds is 2. The molecule has 5 heteroatoms. The summed E-state index contributed by atoms with van der Waals surface area (Å²) >= 11 is 0. The number of nitriles is 1. The fraction of sp³-hybridized carbons (Fsp3) is 0.200. The lowest BCUT2D eigenvalue weighted by Gasteiger charge is -2.06. The van der Waals surface area contributed by atoms with Gasteiger partial charge in [0.1, 0.15) is 23.1 Å². The summed E-state index contributed by atoms with van der Waals surface area (Å²) in [4.78, 5) is 11.2. The number of benzene rings is 1. The van der Waals surface area contributed by atoms with Gasteiger partial charge < -0.3 is 14.6 Å². The second-order valence-corrected chi connectivity index (χ2v) is 2.67. The van der Waals surface area contributed by atoms with Gasteiger partial charge in [0.25, 0.3) is 0 Å². The first-order valence-corrected chi connectivity index (χ1v) is 4.03. The first kappa shape index (κ1) is 10.9. The summed E-state index contributed by atoms with van der Waals surface area (Å²) in [5.41, 5.74) is -0.122. The second-order valence-electron chi connectivity index (χ2n) is 2.67. The minimum Gasteiger partial charge on any atom is -0.506 e. The lowest BCUT2D eigenvalue weighted by molar-refractivity contribution is 0.0597. The van der Waals surface area contributed by atoms with Gasteiger partial charge in [0.15, 0.2) is 0 Å². The normalized spacial score (nSPS) is 9.13. The first-order chi connectivity index (χ1) is 7.13. The van der Waals surface area contributed by atoms with E-state index in [1.807, 2.05) is 0 Å². The molecule has 0 aromatic heterocycles. The van der Waals surface area contributed by atoms with E-state index in [9.17, 15) is 9.90 Å². The zero-order valence-electron chi connectivity index (χ0n) is 8.27. The van der Waals surface area contributed by atoms with Crippen LogP contribution >= 0.6 is 0 Å². The molecule has 1 aromatic rings.